The number of nitrogens with one attached hydrogen (secondary N) is 1. The normalized spacial score (nSPS) is 16.8. The molecule has 2 fully saturated rings. The first-order valence-corrected chi connectivity index (χ1v) is 13.8. The van der Waals surface area contributed by atoms with Crippen LogP contribution in [0.4, 0.5) is 27.6 Å². The van der Waals surface area contributed by atoms with E-state index in [2.05, 4.69) is 5.32 Å². The maximum atomic E-state index is 14.9. The summed E-state index contributed by atoms with van der Waals surface area (Å²) in [6.45, 7) is 1.96. The molecular weight excluding hydrogens is 557 g/mol. The van der Waals surface area contributed by atoms with Crippen LogP contribution in [0, 0.1) is 11.6 Å². The average Bonchev–Trinajstić information content (AvgIpc) is 2.98. The number of benzene rings is 3. The predicted molar refractivity (Wildman–Crippen MR) is 146 cm³/mol. The van der Waals surface area contributed by atoms with Gasteiger partial charge < -0.3 is 19.9 Å². The minimum atomic E-state index is -4.38. The lowest BCUT2D eigenvalue weighted by atomic mass is 10.0. The number of ether oxygens (including phenoxy) is 1. The van der Waals surface area contributed by atoms with Crippen LogP contribution in [0.5, 0.6) is 5.75 Å². The number of halogens is 5. The van der Waals surface area contributed by atoms with Gasteiger partial charge >= 0.3 is 6.18 Å². The Morgan fingerprint density at radius 2 is 1.40 bits per heavy atom. The molecule has 0 unspecified atom stereocenters. The number of rotatable bonds is 6. The number of hydrogen-bond acceptors (Lipinski definition) is 4. The molecule has 11 heteroatoms. The maximum absolute atomic E-state index is 14.9. The Morgan fingerprint density at radius 3 is 2.00 bits per heavy atom. The average molecular weight is 588 g/mol. The topological polar surface area (TPSA) is 61.9 Å². The summed E-state index contributed by atoms with van der Waals surface area (Å²) in [5, 5.41) is 2.90. The van der Waals surface area contributed by atoms with Crippen molar-refractivity contribution in [1.82, 2.24) is 10.2 Å². The van der Waals surface area contributed by atoms with Crippen molar-refractivity contribution >= 4 is 17.5 Å². The van der Waals surface area contributed by atoms with Crippen LogP contribution < -0.4 is 15.0 Å². The number of hydrogen-bond donors (Lipinski definition) is 1. The van der Waals surface area contributed by atoms with E-state index in [9.17, 15) is 31.5 Å². The molecule has 2 amide bonds. The first-order valence-electron chi connectivity index (χ1n) is 13.8. The summed E-state index contributed by atoms with van der Waals surface area (Å²) < 4.78 is 72.3. The standard InChI is InChI=1S/C31H30F5N3O3/c32-23-6-1-20(2-7-23)30(41)39-15-11-24(12-16-39)37-29(40)21-3-10-28(27(33)19-21)42-26-13-17-38(18-14-26)25-8-4-22(5-9-25)31(34,35)36/h1-10,19,24,26H,11-18H2,(H,37,40). The van der Waals surface area contributed by atoms with Gasteiger partial charge in [0, 0.05) is 61.9 Å². The molecule has 0 spiro atoms. The second kappa shape index (κ2) is 12.4. The third kappa shape index (κ3) is 7.00. The van der Waals surface area contributed by atoms with E-state index >= 15 is 0 Å². The summed E-state index contributed by atoms with van der Waals surface area (Å²) in [6.07, 6.45) is -2.46. The number of amides is 2. The van der Waals surface area contributed by atoms with Crippen molar-refractivity contribution in [1.29, 1.82) is 0 Å². The zero-order valence-corrected chi connectivity index (χ0v) is 22.7. The zero-order chi connectivity index (χ0) is 29.9. The van der Waals surface area contributed by atoms with Crippen LogP contribution in [0.2, 0.25) is 0 Å². The van der Waals surface area contributed by atoms with Gasteiger partial charge in [-0.3, -0.25) is 9.59 Å². The van der Waals surface area contributed by atoms with Gasteiger partial charge in [-0.15, -0.1) is 0 Å². The molecule has 0 aliphatic carbocycles. The quantitative estimate of drug-likeness (QED) is 0.356. The highest BCUT2D eigenvalue weighted by Gasteiger charge is 2.31. The highest BCUT2D eigenvalue weighted by molar-refractivity contribution is 5.95. The second-order valence-corrected chi connectivity index (χ2v) is 10.5. The van der Waals surface area contributed by atoms with Crippen LogP contribution in [-0.2, 0) is 6.18 Å². The maximum Gasteiger partial charge on any atom is 0.416 e. The minimum absolute atomic E-state index is 0.0344. The van der Waals surface area contributed by atoms with Crippen LogP contribution in [0.25, 0.3) is 0 Å². The van der Waals surface area contributed by atoms with Crippen molar-refractivity contribution in [2.75, 3.05) is 31.1 Å². The van der Waals surface area contributed by atoms with Gasteiger partial charge in [0.25, 0.3) is 11.8 Å². The van der Waals surface area contributed by atoms with Crippen molar-refractivity contribution in [3.8, 4) is 5.75 Å². The summed E-state index contributed by atoms with van der Waals surface area (Å²) in [6, 6.07) is 14.3. The molecule has 0 radical (unpaired) electrons. The Kier molecular flexibility index (Phi) is 8.65. The molecular formula is C31H30F5N3O3. The highest BCUT2D eigenvalue weighted by atomic mass is 19.4. The van der Waals surface area contributed by atoms with Crippen molar-refractivity contribution in [3.63, 3.8) is 0 Å². The van der Waals surface area contributed by atoms with Crippen molar-refractivity contribution < 1.29 is 36.3 Å². The van der Waals surface area contributed by atoms with Crippen molar-refractivity contribution in [2.45, 2.75) is 44.0 Å². The summed E-state index contributed by atoms with van der Waals surface area (Å²) in [5.74, 6) is -1.65. The van der Waals surface area contributed by atoms with Gasteiger partial charge in [-0.05, 0) is 79.6 Å². The summed E-state index contributed by atoms with van der Waals surface area (Å²) in [5.41, 5.74) is 0.550. The monoisotopic (exact) mass is 587 g/mol. The molecule has 2 heterocycles. The lowest BCUT2D eigenvalue weighted by Crippen LogP contribution is -2.46. The molecule has 0 bridgehead atoms. The molecule has 42 heavy (non-hydrogen) atoms. The van der Waals surface area contributed by atoms with Crippen LogP contribution >= 0.6 is 0 Å². The fraction of sp³-hybridized carbons (Fsp3) is 0.355. The van der Waals surface area contributed by atoms with Crippen molar-refractivity contribution in [3.05, 3.63) is 95.1 Å². The van der Waals surface area contributed by atoms with E-state index in [1.165, 1.54) is 48.5 Å². The molecule has 0 aromatic heterocycles. The number of piperidine rings is 2. The molecule has 3 aromatic rings. The van der Waals surface area contributed by atoms with Gasteiger partial charge in [0.15, 0.2) is 11.6 Å². The minimum Gasteiger partial charge on any atom is -0.487 e. The first kappa shape index (κ1) is 29.3. The molecule has 1 N–H and O–H groups in total. The van der Waals surface area contributed by atoms with E-state index in [1.54, 1.807) is 4.90 Å². The fourth-order valence-electron chi connectivity index (χ4n) is 5.28. The summed E-state index contributed by atoms with van der Waals surface area (Å²) in [4.78, 5) is 29.0. The lowest BCUT2D eigenvalue weighted by molar-refractivity contribution is -0.137. The molecule has 5 rings (SSSR count). The Morgan fingerprint density at radius 1 is 0.786 bits per heavy atom. The molecule has 2 aliphatic heterocycles. The van der Waals surface area contributed by atoms with E-state index in [-0.39, 0.29) is 29.4 Å². The number of carbonyl (C=O) groups is 2. The van der Waals surface area contributed by atoms with Gasteiger partial charge in [0.05, 0.1) is 5.56 Å². The molecule has 2 saturated heterocycles. The molecule has 2 aliphatic rings. The molecule has 0 atom stereocenters. The Labute approximate surface area is 240 Å². The van der Waals surface area contributed by atoms with Gasteiger partial charge in [-0.1, -0.05) is 0 Å². The SMILES string of the molecule is O=C(NC1CCN(C(=O)c2ccc(F)cc2)CC1)c1ccc(OC2CCN(c3ccc(C(F)(F)F)cc3)CC2)c(F)c1. The van der Waals surface area contributed by atoms with E-state index < -0.39 is 29.3 Å². The van der Waals surface area contributed by atoms with Gasteiger partial charge in [0.1, 0.15) is 11.9 Å². The van der Waals surface area contributed by atoms with Gasteiger partial charge in [0.2, 0.25) is 0 Å². The van der Waals surface area contributed by atoms with E-state index in [1.807, 2.05) is 4.90 Å². The summed E-state index contributed by atoms with van der Waals surface area (Å²) >= 11 is 0. The van der Waals surface area contributed by atoms with Crippen LogP contribution in [0.15, 0.2) is 66.7 Å². The largest absolute Gasteiger partial charge is 0.487 e. The molecule has 222 valence electrons. The van der Waals surface area contributed by atoms with Crippen LogP contribution in [0.3, 0.4) is 0 Å². The predicted octanol–water partition coefficient (Wildman–Crippen LogP) is 6.07. The smallest absolute Gasteiger partial charge is 0.416 e. The molecule has 3 aromatic carbocycles. The van der Waals surface area contributed by atoms with Gasteiger partial charge in [-0.25, -0.2) is 8.78 Å². The Bertz CT molecular complexity index is 1400. The third-order valence-corrected chi connectivity index (χ3v) is 7.70. The van der Waals surface area contributed by atoms with Crippen LogP contribution in [-0.4, -0.2) is 55.0 Å². The highest BCUT2D eigenvalue weighted by Crippen LogP contribution is 2.31. The van der Waals surface area contributed by atoms with E-state index in [4.69, 9.17) is 4.74 Å². The van der Waals surface area contributed by atoms with E-state index in [0.29, 0.717) is 63.1 Å². The lowest BCUT2D eigenvalue weighted by Gasteiger charge is -2.34. The number of nitrogens with zero attached hydrogens (tertiary/aromatic N) is 2. The van der Waals surface area contributed by atoms with Crippen molar-refractivity contribution in [2.24, 2.45) is 0 Å². The van der Waals surface area contributed by atoms with E-state index in [0.717, 1.165) is 18.2 Å². The fourth-order valence-corrected chi connectivity index (χ4v) is 5.28. The number of anilines is 1. The molecule has 6 nitrogen and oxygen atoms in total. The number of carbonyl (C=O) groups excluding carboxylic acids is 2. The molecule has 0 saturated carbocycles. The Balaban J connectivity index is 1.08. The number of alkyl halides is 3. The Hall–Kier alpha value is -4.15. The second-order valence-electron chi connectivity index (χ2n) is 10.5. The van der Waals surface area contributed by atoms with Gasteiger partial charge in [-0.2, -0.15) is 13.2 Å². The summed E-state index contributed by atoms with van der Waals surface area (Å²) in [7, 11) is 0. The number of likely N-dealkylation sites (tertiary alicyclic amines) is 1. The zero-order valence-electron chi connectivity index (χ0n) is 22.7. The van der Waals surface area contributed by atoms with Crippen LogP contribution in [0.1, 0.15) is 52.0 Å². The third-order valence-electron chi connectivity index (χ3n) is 7.70. The first-order chi connectivity index (χ1) is 20.1.